The monoisotopic (exact) mass is 594 g/mol. The summed E-state index contributed by atoms with van der Waals surface area (Å²) in [5, 5.41) is 13.5. The Kier molecular flexibility index (Phi) is 8.71. The van der Waals surface area contributed by atoms with E-state index in [1.165, 1.54) is 17.8 Å². The Morgan fingerprint density at radius 1 is 1.34 bits per heavy atom. The number of anilines is 1. The highest BCUT2D eigenvalue weighted by Crippen LogP contribution is 2.46. The lowest BCUT2D eigenvalue weighted by Crippen LogP contribution is -2.37. The van der Waals surface area contributed by atoms with Crippen molar-refractivity contribution in [2.24, 2.45) is 5.92 Å². The number of aromatic amines is 1. The van der Waals surface area contributed by atoms with Crippen molar-refractivity contribution in [3.8, 4) is 5.75 Å². The highest BCUT2D eigenvalue weighted by Gasteiger charge is 2.47. The van der Waals surface area contributed by atoms with Gasteiger partial charge in [0, 0.05) is 5.92 Å². The van der Waals surface area contributed by atoms with Crippen LogP contribution in [-0.2, 0) is 23.4 Å². The van der Waals surface area contributed by atoms with Gasteiger partial charge in [0.25, 0.3) is 5.56 Å². The Labute approximate surface area is 233 Å². The number of H-pyrrole nitrogens is 1. The Hall–Kier alpha value is -3.36. The van der Waals surface area contributed by atoms with E-state index in [0.717, 1.165) is 25.7 Å². The number of aliphatic hydroxyl groups is 1. The first-order chi connectivity index (χ1) is 19.7. The van der Waals surface area contributed by atoms with Crippen molar-refractivity contribution in [1.82, 2.24) is 24.6 Å². The van der Waals surface area contributed by atoms with Crippen molar-refractivity contribution in [3.63, 3.8) is 0 Å². The molecule has 14 nitrogen and oxygen atoms in total. The zero-order valence-electron chi connectivity index (χ0n) is 22.2. The van der Waals surface area contributed by atoms with E-state index in [4.69, 9.17) is 24.3 Å². The average molecular weight is 595 g/mol. The smallest absolute Gasteiger partial charge is 0.459 e. The van der Waals surface area contributed by atoms with Crippen molar-refractivity contribution in [2.75, 3.05) is 19.0 Å². The summed E-state index contributed by atoms with van der Waals surface area (Å²) < 4.78 is 52.1. The zero-order chi connectivity index (χ0) is 29.1. The molecule has 5 N–H and O–H groups in total. The van der Waals surface area contributed by atoms with Crippen LogP contribution in [0.5, 0.6) is 5.75 Å². The molecule has 3 aromatic rings. The molecule has 1 aliphatic heterocycles. The number of alkyl halides is 1. The van der Waals surface area contributed by atoms with Crippen LogP contribution >= 0.6 is 7.75 Å². The quantitative estimate of drug-likeness (QED) is 0.187. The summed E-state index contributed by atoms with van der Waals surface area (Å²) in [4.78, 5) is 35.2. The fraction of sp³-hybridized carbons (Fsp3) is 0.520. The zero-order valence-corrected chi connectivity index (χ0v) is 23.1. The molecular formula is C25H32FN6O8P. The summed E-state index contributed by atoms with van der Waals surface area (Å²) in [5.41, 5.74) is 5.05. The minimum Gasteiger partial charge on any atom is -0.461 e. The molecule has 2 aromatic heterocycles. The summed E-state index contributed by atoms with van der Waals surface area (Å²) in [5.74, 6) is -1.69. The summed E-state index contributed by atoms with van der Waals surface area (Å²) in [6, 6.07) is 7.12. The Balaban J connectivity index is 1.33. The number of imidazole rings is 1. The van der Waals surface area contributed by atoms with Crippen LogP contribution in [0.2, 0.25) is 0 Å². The first-order valence-corrected chi connectivity index (χ1v) is 14.8. The lowest BCUT2D eigenvalue weighted by atomic mass is 10.0. The lowest BCUT2D eigenvalue weighted by molar-refractivity contribution is -0.150. The van der Waals surface area contributed by atoms with Crippen molar-refractivity contribution in [3.05, 3.63) is 47.0 Å². The fourth-order valence-electron chi connectivity index (χ4n) is 4.95. The summed E-state index contributed by atoms with van der Waals surface area (Å²) >= 11 is 0. The Morgan fingerprint density at radius 3 is 2.78 bits per heavy atom. The second kappa shape index (κ2) is 12.2. The number of ether oxygens (including phenoxy) is 2. The maximum absolute atomic E-state index is 14.1. The molecule has 2 aliphatic rings. The molecule has 3 heterocycles. The molecule has 6 atom stereocenters. The maximum Gasteiger partial charge on any atom is 0.459 e. The number of nitrogen functional groups attached to an aromatic ring is 1. The van der Waals surface area contributed by atoms with Gasteiger partial charge < -0.3 is 24.8 Å². The third-order valence-corrected chi connectivity index (χ3v) is 8.74. The van der Waals surface area contributed by atoms with E-state index in [1.54, 1.807) is 30.3 Å². The van der Waals surface area contributed by atoms with E-state index in [-0.39, 0.29) is 29.0 Å². The number of benzene rings is 1. The van der Waals surface area contributed by atoms with Gasteiger partial charge >= 0.3 is 13.7 Å². The number of carbonyl (C=O) groups excluding carboxylic acids is 1. The van der Waals surface area contributed by atoms with E-state index in [0.29, 0.717) is 0 Å². The van der Waals surface area contributed by atoms with Crippen molar-refractivity contribution in [1.29, 1.82) is 0 Å². The third-order valence-electron chi connectivity index (χ3n) is 7.09. The molecule has 222 valence electrons. The molecule has 41 heavy (non-hydrogen) atoms. The number of carbonyl (C=O) groups is 1. The minimum atomic E-state index is -4.27. The fourth-order valence-corrected chi connectivity index (χ4v) is 6.45. The van der Waals surface area contributed by atoms with Gasteiger partial charge in [-0.2, -0.15) is 10.1 Å². The molecule has 5 rings (SSSR count). The number of nitrogens with one attached hydrogen (secondary N) is 2. The van der Waals surface area contributed by atoms with Crippen LogP contribution in [0.25, 0.3) is 11.2 Å². The first kappa shape index (κ1) is 29.1. The van der Waals surface area contributed by atoms with Crippen molar-refractivity contribution < 1.29 is 37.4 Å². The number of rotatable bonds is 11. The second-order valence-electron chi connectivity index (χ2n) is 10.0. The maximum atomic E-state index is 14.1. The number of halogens is 1. The number of nitrogens with zero attached hydrogens (tertiary/aromatic N) is 3. The summed E-state index contributed by atoms with van der Waals surface area (Å²) in [7, 11) is -4.27. The lowest BCUT2D eigenvalue weighted by Gasteiger charge is -2.25. The molecule has 1 saturated heterocycles. The third kappa shape index (κ3) is 6.44. The van der Waals surface area contributed by atoms with Crippen LogP contribution in [0.4, 0.5) is 10.3 Å². The molecule has 0 bridgehead atoms. The molecule has 0 radical (unpaired) electrons. The van der Waals surface area contributed by atoms with E-state index < -0.39 is 63.0 Å². The highest BCUT2D eigenvalue weighted by molar-refractivity contribution is 7.52. The summed E-state index contributed by atoms with van der Waals surface area (Å²) in [6.07, 6.45) is 0.785. The van der Waals surface area contributed by atoms with Crippen LogP contribution in [0.1, 0.15) is 38.8 Å². The van der Waals surface area contributed by atoms with Gasteiger partial charge in [0.15, 0.2) is 17.4 Å². The largest absolute Gasteiger partial charge is 0.461 e. The van der Waals surface area contributed by atoms with Gasteiger partial charge in [0.05, 0.1) is 25.7 Å². The number of hydrogen-bond acceptors (Lipinski definition) is 11. The van der Waals surface area contributed by atoms with Gasteiger partial charge in [-0.05, 0) is 44.7 Å². The molecular weight excluding hydrogens is 562 g/mol. The van der Waals surface area contributed by atoms with Crippen LogP contribution in [0.15, 0.2) is 41.5 Å². The molecule has 1 aliphatic carbocycles. The molecule has 1 aromatic carbocycles. The Bertz CT molecular complexity index is 1470. The minimum absolute atomic E-state index is 0.0313. The normalized spacial score (nSPS) is 25.2. The van der Waals surface area contributed by atoms with Gasteiger partial charge in [-0.1, -0.05) is 18.2 Å². The summed E-state index contributed by atoms with van der Waals surface area (Å²) in [6.45, 7) is -0.00920. The van der Waals surface area contributed by atoms with Crippen molar-refractivity contribution >= 4 is 30.8 Å². The van der Waals surface area contributed by atoms with E-state index in [2.05, 4.69) is 20.0 Å². The second-order valence-corrected chi connectivity index (χ2v) is 11.7. The number of aromatic nitrogens is 4. The number of hydrogen-bond donors (Lipinski definition) is 4. The predicted molar refractivity (Wildman–Crippen MR) is 144 cm³/mol. The van der Waals surface area contributed by atoms with Crippen LogP contribution in [-0.4, -0.2) is 68.2 Å². The molecule has 1 saturated carbocycles. The topological polar surface area (TPSA) is 193 Å². The van der Waals surface area contributed by atoms with Crippen LogP contribution in [0.3, 0.4) is 0 Å². The predicted octanol–water partition coefficient (Wildman–Crippen LogP) is 2.21. The first-order valence-electron chi connectivity index (χ1n) is 13.3. The number of para-hydroxylation sites is 1. The number of esters is 1. The molecule has 0 amide bonds. The van der Waals surface area contributed by atoms with Gasteiger partial charge in [-0.3, -0.25) is 28.1 Å². The van der Waals surface area contributed by atoms with Gasteiger partial charge in [-0.25, -0.2) is 9.55 Å². The molecule has 0 unspecified atom stereocenters. The van der Waals surface area contributed by atoms with Crippen LogP contribution in [0, 0.1) is 5.92 Å². The van der Waals surface area contributed by atoms with Gasteiger partial charge in [-0.15, -0.1) is 0 Å². The molecule has 16 heteroatoms. The average Bonchev–Trinajstić information content (AvgIpc) is 3.67. The molecule has 0 spiro atoms. The molecule has 2 fully saturated rings. The van der Waals surface area contributed by atoms with Gasteiger partial charge in [0.1, 0.15) is 24.0 Å². The Morgan fingerprint density at radius 2 is 2.07 bits per heavy atom. The highest BCUT2D eigenvalue weighted by atomic mass is 31.2. The SMILES string of the molecule is C[C@@H](N[P@@](=O)(OC[C@H]1O[C@@H](n2cnc3c(=O)[nH]c(N)nc32)[C@H](O)[C@@H]1CF)Oc1ccccc1)C(=O)OC1CCCC1. The van der Waals surface area contributed by atoms with E-state index in [9.17, 15) is 23.7 Å². The van der Waals surface area contributed by atoms with E-state index >= 15 is 0 Å². The number of aliphatic hydroxyl groups excluding tert-OH is 1. The van der Waals surface area contributed by atoms with Gasteiger partial charge in [0.2, 0.25) is 5.95 Å². The van der Waals surface area contributed by atoms with Crippen molar-refractivity contribution in [2.45, 2.75) is 63.2 Å². The standard InChI is InChI=1S/C25H32FN6O8P/c1-14(24(35)38-15-7-5-6-8-15)31-41(36,40-16-9-3-2-4-10-16)37-12-18-17(11-26)20(33)23(39-18)32-13-28-19-21(32)29-25(27)30-22(19)34/h2-4,9-10,13-15,17-18,20,23,33H,5-8,11-12H2,1H3,(H,31,36)(H3,27,29,30,34)/t14-,17-,18-,20-,23-,41-/m1/s1. The van der Waals surface area contributed by atoms with Crippen LogP contribution < -0.4 is 20.9 Å². The number of nitrogens with two attached hydrogens (primary N) is 1. The number of fused-ring (bicyclic) bond motifs is 1. The van der Waals surface area contributed by atoms with E-state index in [1.807, 2.05) is 0 Å².